The molecule has 0 saturated heterocycles. The molecule has 124 valence electrons. The fourth-order valence-electron chi connectivity index (χ4n) is 2.30. The van der Waals surface area contributed by atoms with Crippen LogP contribution in [0, 0.1) is 0 Å². The van der Waals surface area contributed by atoms with E-state index in [1.165, 1.54) is 0 Å². The van der Waals surface area contributed by atoms with Gasteiger partial charge in [-0.3, -0.25) is 0 Å². The van der Waals surface area contributed by atoms with Crippen molar-refractivity contribution in [2.45, 2.75) is 26.7 Å². The van der Waals surface area contributed by atoms with Crippen LogP contribution < -0.4 is 4.74 Å². The Morgan fingerprint density at radius 2 is 1.83 bits per heavy atom. The van der Waals surface area contributed by atoms with E-state index in [2.05, 4.69) is 15.5 Å². The third-order valence-electron chi connectivity index (χ3n) is 3.53. The number of nitrogens with zero attached hydrogens (tertiary/aromatic N) is 4. The zero-order chi connectivity index (χ0) is 16.6. The SMILES string of the molecule is CCOCn1nnnc1Cc1cccc(OCc2ccccc2)c1. The van der Waals surface area contributed by atoms with Gasteiger partial charge in [0.25, 0.3) is 0 Å². The summed E-state index contributed by atoms with van der Waals surface area (Å²) in [6.07, 6.45) is 0.628. The maximum atomic E-state index is 5.86. The molecule has 24 heavy (non-hydrogen) atoms. The van der Waals surface area contributed by atoms with Gasteiger partial charge in [-0.15, -0.1) is 5.10 Å². The van der Waals surface area contributed by atoms with E-state index in [0.717, 1.165) is 22.7 Å². The average molecular weight is 324 g/mol. The fourth-order valence-corrected chi connectivity index (χ4v) is 2.30. The summed E-state index contributed by atoms with van der Waals surface area (Å²) >= 11 is 0. The first-order chi connectivity index (χ1) is 11.8. The molecule has 0 fully saturated rings. The van der Waals surface area contributed by atoms with E-state index in [0.29, 0.717) is 26.4 Å². The molecule has 0 aliphatic carbocycles. The summed E-state index contributed by atoms with van der Waals surface area (Å²) in [5, 5.41) is 11.7. The minimum atomic E-state index is 0.364. The van der Waals surface area contributed by atoms with Crippen LogP contribution in [0.25, 0.3) is 0 Å². The van der Waals surface area contributed by atoms with E-state index in [4.69, 9.17) is 9.47 Å². The van der Waals surface area contributed by atoms with Crippen molar-refractivity contribution in [3.63, 3.8) is 0 Å². The highest BCUT2D eigenvalue weighted by atomic mass is 16.5. The maximum Gasteiger partial charge on any atom is 0.158 e. The van der Waals surface area contributed by atoms with Gasteiger partial charge in [0.1, 0.15) is 19.1 Å². The Kier molecular flexibility index (Phi) is 5.52. The fraction of sp³-hybridized carbons (Fsp3) is 0.278. The predicted molar refractivity (Wildman–Crippen MR) is 89.5 cm³/mol. The molecule has 6 nitrogen and oxygen atoms in total. The summed E-state index contributed by atoms with van der Waals surface area (Å²) in [5.41, 5.74) is 2.23. The van der Waals surface area contributed by atoms with E-state index < -0.39 is 0 Å². The van der Waals surface area contributed by atoms with Gasteiger partial charge in [-0.2, -0.15) is 0 Å². The Bertz CT molecular complexity index is 758. The number of tetrazole rings is 1. The summed E-state index contributed by atoms with van der Waals surface area (Å²) in [7, 11) is 0. The molecule has 0 atom stereocenters. The number of benzene rings is 2. The number of ether oxygens (including phenoxy) is 2. The van der Waals surface area contributed by atoms with Gasteiger partial charge in [0, 0.05) is 13.0 Å². The molecule has 2 aromatic carbocycles. The van der Waals surface area contributed by atoms with Crippen molar-refractivity contribution < 1.29 is 9.47 Å². The van der Waals surface area contributed by atoms with Crippen LogP contribution in [0.3, 0.4) is 0 Å². The summed E-state index contributed by atoms with van der Waals surface area (Å²) in [6, 6.07) is 18.1. The zero-order valence-corrected chi connectivity index (χ0v) is 13.6. The summed E-state index contributed by atoms with van der Waals surface area (Å²) in [5.74, 6) is 1.60. The Hall–Kier alpha value is -2.73. The standard InChI is InChI=1S/C18H20N4O2/c1-2-23-14-22-18(19-20-21-22)12-16-9-6-10-17(11-16)24-13-15-7-4-3-5-8-15/h3-11H,2,12-14H2,1H3. The lowest BCUT2D eigenvalue weighted by Gasteiger charge is -2.08. The largest absolute Gasteiger partial charge is 0.489 e. The molecule has 0 aliphatic heterocycles. The highest BCUT2D eigenvalue weighted by molar-refractivity contribution is 5.30. The summed E-state index contributed by atoms with van der Waals surface area (Å²) < 4.78 is 12.9. The van der Waals surface area contributed by atoms with Crippen molar-refractivity contribution in [1.29, 1.82) is 0 Å². The quantitative estimate of drug-likeness (QED) is 0.637. The van der Waals surface area contributed by atoms with Gasteiger partial charge in [0.05, 0.1) is 0 Å². The molecule has 3 aromatic rings. The van der Waals surface area contributed by atoms with Crippen LogP contribution in [0.2, 0.25) is 0 Å². The molecule has 0 aliphatic rings. The molecule has 0 amide bonds. The molecular formula is C18H20N4O2. The lowest BCUT2D eigenvalue weighted by molar-refractivity contribution is 0.0758. The zero-order valence-electron chi connectivity index (χ0n) is 13.6. The second kappa shape index (κ2) is 8.21. The van der Waals surface area contributed by atoms with Crippen molar-refractivity contribution in [3.8, 4) is 5.75 Å². The minimum Gasteiger partial charge on any atom is -0.489 e. The first-order valence-corrected chi connectivity index (χ1v) is 7.93. The molecule has 1 heterocycles. The van der Waals surface area contributed by atoms with Gasteiger partial charge in [-0.1, -0.05) is 42.5 Å². The molecule has 0 radical (unpaired) electrons. The monoisotopic (exact) mass is 324 g/mol. The Morgan fingerprint density at radius 3 is 2.67 bits per heavy atom. The highest BCUT2D eigenvalue weighted by Crippen LogP contribution is 2.17. The molecule has 0 unspecified atom stereocenters. The Balaban J connectivity index is 1.64. The number of hydrogen-bond acceptors (Lipinski definition) is 5. The normalized spacial score (nSPS) is 10.7. The molecule has 3 rings (SSSR count). The second-order valence-electron chi connectivity index (χ2n) is 5.32. The number of aromatic nitrogens is 4. The molecule has 0 saturated carbocycles. The van der Waals surface area contributed by atoms with Crippen LogP contribution in [-0.2, 0) is 24.5 Å². The first kappa shape index (κ1) is 16.1. The molecule has 0 bridgehead atoms. The van der Waals surface area contributed by atoms with Gasteiger partial charge in [-0.25, -0.2) is 4.68 Å². The molecule has 1 aromatic heterocycles. The van der Waals surface area contributed by atoms with Crippen LogP contribution in [0.5, 0.6) is 5.75 Å². The lowest BCUT2D eigenvalue weighted by atomic mass is 10.1. The molecular weight excluding hydrogens is 304 g/mol. The van der Waals surface area contributed by atoms with Crippen molar-refractivity contribution >= 4 is 0 Å². The first-order valence-electron chi connectivity index (χ1n) is 7.93. The van der Waals surface area contributed by atoms with Gasteiger partial charge in [0.15, 0.2) is 5.82 Å². The lowest BCUT2D eigenvalue weighted by Crippen LogP contribution is -2.09. The molecule has 0 N–H and O–H groups in total. The molecule has 6 heteroatoms. The number of rotatable bonds is 8. The van der Waals surface area contributed by atoms with Gasteiger partial charge in [0.2, 0.25) is 0 Å². The van der Waals surface area contributed by atoms with E-state index in [1.54, 1.807) is 4.68 Å². The van der Waals surface area contributed by atoms with E-state index in [1.807, 2.05) is 61.5 Å². The second-order valence-corrected chi connectivity index (χ2v) is 5.32. The molecule has 0 spiro atoms. The summed E-state index contributed by atoms with van der Waals surface area (Å²) in [6.45, 7) is 3.48. The van der Waals surface area contributed by atoms with Gasteiger partial charge >= 0.3 is 0 Å². The predicted octanol–water partition coefficient (Wildman–Crippen LogP) is 2.84. The number of hydrogen-bond donors (Lipinski definition) is 0. The van der Waals surface area contributed by atoms with Gasteiger partial charge < -0.3 is 9.47 Å². The Labute approximate surface area is 141 Å². The van der Waals surface area contributed by atoms with Crippen LogP contribution in [0.4, 0.5) is 0 Å². The van der Waals surface area contributed by atoms with E-state index in [9.17, 15) is 0 Å². The van der Waals surface area contributed by atoms with E-state index >= 15 is 0 Å². The van der Waals surface area contributed by atoms with Crippen molar-refractivity contribution in [2.24, 2.45) is 0 Å². The van der Waals surface area contributed by atoms with Crippen LogP contribution >= 0.6 is 0 Å². The van der Waals surface area contributed by atoms with Crippen molar-refractivity contribution in [2.75, 3.05) is 6.61 Å². The van der Waals surface area contributed by atoms with Crippen LogP contribution in [0.15, 0.2) is 54.6 Å². The minimum absolute atomic E-state index is 0.364. The van der Waals surface area contributed by atoms with Crippen LogP contribution in [0.1, 0.15) is 23.9 Å². The highest BCUT2D eigenvalue weighted by Gasteiger charge is 2.08. The van der Waals surface area contributed by atoms with Gasteiger partial charge in [-0.05, 0) is 40.6 Å². The summed E-state index contributed by atoms with van der Waals surface area (Å²) in [4.78, 5) is 0. The third-order valence-corrected chi connectivity index (χ3v) is 3.53. The Morgan fingerprint density at radius 1 is 1.00 bits per heavy atom. The smallest absolute Gasteiger partial charge is 0.158 e. The average Bonchev–Trinajstić information content (AvgIpc) is 3.06. The third kappa shape index (κ3) is 4.39. The van der Waals surface area contributed by atoms with Crippen LogP contribution in [-0.4, -0.2) is 26.8 Å². The van der Waals surface area contributed by atoms with Crippen molar-refractivity contribution in [1.82, 2.24) is 20.2 Å². The van der Waals surface area contributed by atoms with E-state index in [-0.39, 0.29) is 0 Å². The topological polar surface area (TPSA) is 62.1 Å². The van der Waals surface area contributed by atoms with Crippen molar-refractivity contribution in [3.05, 3.63) is 71.5 Å². The maximum absolute atomic E-state index is 5.86.